The number of carbonyl (C=O) groups is 1. The van der Waals surface area contributed by atoms with Crippen LogP contribution in [0.2, 0.25) is 10.0 Å². The number of halogens is 2. The van der Waals surface area contributed by atoms with E-state index in [2.05, 4.69) is 15.9 Å². The van der Waals surface area contributed by atoms with Gasteiger partial charge >= 0.3 is 0 Å². The van der Waals surface area contributed by atoms with E-state index in [1.165, 1.54) is 12.8 Å². The molecule has 29 heavy (non-hydrogen) atoms. The van der Waals surface area contributed by atoms with Gasteiger partial charge in [-0.2, -0.15) is 5.26 Å². The summed E-state index contributed by atoms with van der Waals surface area (Å²) in [5, 5.41) is 10.2. The monoisotopic (exact) mass is 436 g/mol. The van der Waals surface area contributed by atoms with Crippen molar-refractivity contribution < 1.29 is 9.53 Å². The van der Waals surface area contributed by atoms with Crippen LogP contribution >= 0.6 is 23.2 Å². The number of nitrogens with zero attached hydrogens (tertiary/aromatic N) is 4. The van der Waals surface area contributed by atoms with Crippen molar-refractivity contribution in [3.05, 3.63) is 33.8 Å². The zero-order valence-electron chi connectivity index (χ0n) is 16.4. The fourth-order valence-corrected chi connectivity index (χ4v) is 5.27. The average Bonchev–Trinajstić information content (AvgIpc) is 3.25. The van der Waals surface area contributed by atoms with E-state index in [9.17, 15) is 10.1 Å². The van der Waals surface area contributed by atoms with Crippen LogP contribution in [0.3, 0.4) is 0 Å². The number of amides is 1. The van der Waals surface area contributed by atoms with Crippen LogP contribution < -0.4 is 0 Å². The van der Waals surface area contributed by atoms with Gasteiger partial charge in [0, 0.05) is 13.1 Å². The molecule has 0 aliphatic carbocycles. The first-order chi connectivity index (χ1) is 14.1. The molecule has 156 valence electrons. The Bertz CT molecular complexity index is 793. The van der Waals surface area contributed by atoms with E-state index in [-0.39, 0.29) is 24.0 Å². The number of benzene rings is 1. The fraction of sp³-hybridized carbons (Fsp3) is 0.619. The summed E-state index contributed by atoms with van der Waals surface area (Å²) in [5.41, 5.74) is 0.866. The van der Waals surface area contributed by atoms with Crippen LogP contribution in [0.1, 0.15) is 18.4 Å². The Hall–Kier alpha value is -1.36. The molecule has 0 unspecified atom stereocenters. The molecular formula is C21H26Cl2N4O2. The van der Waals surface area contributed by atoms with Gasteiger partial charge in [-0.1, -0.05) is 29.3 Å². The van der Waals surface area contributed by atoms with E-state index in [1.807, 2.05) is 11.0 Å². The highest BCUT2D eigenvalue weighted by atomic mass is 35.5. The zero-order valence-corrected chi connectivity index (χ0v) is 17.9. The molecule has 0 saturated carbocycles. The van der Waals surface area contributed by atoms with Crippen molar-refractivity contribution in [1.29, 1.82) is 5.26 Å². The first-order valence-corrected chi connectivity index (χ1v) is 11.0. The van der Waals surface area contributed by atoms with Gasteiger partial charge < -0.3 is 9.64 Å². The smallest absolute Gasteiger partial charge is 0.227 e. The van der Waals surface area contributed by atoms with Crippen LogP contribution in [0, 0.1) is 11.3 Å². The quantitative estimate of drug-likeness (QED) is 0.678. The Morgan fingerprint density at radius 1 is 1.10 bits per heavy atom. The number of piperazine rings is 1. The maximum Gasteiger partial charge on any atom is 0.227 e. The van der Waals surface area contributed by atoms with Gasteiger partial charge in [-0.3, -0.25) is 14.6 Å². The van der Waals surface area contributed by atoms with Gasteiger partial charge in [-0.25, -0.2) is 0 Å². The number of likely N-dealkylation sites (tertiary alicyclic amines) is 1. The SMILES string of the molecule is N#CCN1CCN(C(=O)Cc2ccc(Cl)c(Cl)c2)[C@H]2[C@H]1COC[C@@H]2N1CCCC1. The minimum Gasteiger partial charge on any atom is -0.378 e. The van der Waals surface area contributed by atoms with Crippen molar-refractivity contribution >= 4 is 29.1 Å². The highest BCUT2D eigenvalue weighted by Gasteiger charge is 2.47. The number of carbonyl (C=O) groups excluding carboxylic acids is 1. The van der Waals surface area contributed by atoms with Gasteiger partial charge in [0.2, 0.25) is 5.91 Å². The first-order valence-electron chi connectivity index (χ1n) is 10.2. The molecule has 3 fully saturated rings. The number of fused-ring (bicyclic) bond motifs is 1. The van der Waals surface area contributed by atoms with E-state index < -0.39 is 0 Å². The number of ether oxygens (including phenoxy) is 1. The third-order valence-electron chi connectivity index (χ3n) is 6.37. The van der Waals surface area contributed by atoms with Crippen molar-refractivity contribution in [2.75, 3.05) is 45.9 Å². The van der Waals surface area contributed by atoms with Crippen LogP contribution in [-0.4, -0.2) is 84.7 Å². The molecule has 3 saturated heterocycles. The van der Waals surface area contributed by atoms with Crippen LogP contribution in [0.5, 0.6) is 0 Å². The molecule has 0 N–H and O–H groups in total. The second-order valence-electron chi connectivity index (χ2n) is 8.05. The number of hydrogen-bond acceptors (Lipinski definition) is 5. The second kappa shape index (κ2) is 9.20. The summed E-state index contributed by atoms with van der Waals surface area (Å²) in [6.45, 7) is 4.98. The van der Waals surface area contributed by atoms with E-state index in [4.69, 9.17) is 27.9 Å². The van der Waals surface area contributed by atoms with Crippen LogP contribution in [0.15, 0.2) is 18.2 Å². The van der Waals surface area contributed by atoms with Crippen LogP contribution in [0.4, 0.5) is 0 Å². The van der Waals surface area contributed by atoms with Crippen molar-refractivity contribution in [1.82, 2.24) is 14.7 Å². The van der Waals surface area contributed by atoms with Crippen LogP contribution in [-0.2, 0) is 16.0 Å². The Morgan fingerprint density at radius 3 is 2.59 bits per heavy atom. The van der Waals surface area contributed by atoms with Gasteiger partial charge in [0.25, 0.3) is 0 Å². The lowest BCUT2D eigenvalue weighted by Crippen LogP contribution is -2.71. The number of hydrogen-bond donors (Lipinski definition) is 0. The average molecular weight is 437 g/mol. The molecule has 6 nitrogen and oxygen atoms in total. The minimum absolute atomic E-state index is 0.0409. The topological polar surface area (TPSA) is 59.8 Å². The largest absolute Gasteiger partial charge is 0.378 e. The lowest BCUT2D eigenvalue weighted by Gasteiger charge is -2.53. The van der Waals surface area contributed by atoms with Gasteiger partial charge in [0.05, 0.1) is 60.4 Å². The van der Waals surface area contributed by atoms with E-state index in [0.29, 0.717) is 49.3 Å². The van der Waals surface area contributed by atoms with Gasteiger partial charge in [-0.15, -0.1) is 0 Å². The molecular weight excluding hydrogens is 411 g/mol. The lowest BCUT2D eigenvalue weighted by molar-refractivity contribution is -0.151. The Labute approximate surface area is 181 Å². The van der Waals surface area contributed by atoms with Crippen LogP contribution in [0.25, 0.3) is 0 Å². The molecule has 0 bridgehead atoms. The molecule has 3 heterocycles. The third-order valence-corrected chi connectivity index (χ3v) is 7.10. The van der Waals surface area contributed by atoms with Crippen molar-refractivity contribution in [2.45, 2.75) is 37.4 Å². The van der Waals surface area contributed by atoms with Crippen molar-refractivity contribution in [3.8, 4) is 6.07 Å². The highest BCUT2D eigenvalue weighted by Crippen LogP contribution is 2.30. The standard InChI is InChI=1S/C21H26Cl2N4O2/c22-16-4-3-15(11-17(16)23)12-20(28)27-10-9-26(8-5-24)19-14-29-13-18(21(19)27)25-6-1-2-7-25/h3-4,11,18-19,21H,1-2,6-10,12-14H2/t18-,19+,21+/m0/s1. The van der Waals surface area contributed by atoms with Gasteiger partial charge in [0.15, 0.2) is 0 Å². The Kier molecular flexibility index (Phi) is 6.63. The molecule has 0 spiro atoms. The van der Waals surface area contributed by atoms with Crippen molar-refractivity contribution in [3.63, 3.8) is 0 Å². The van der Waals surface area contributed by atoms with Gasteiger partial charge in [0.1, 0.15) is 0 Å². The normalized spacial score (nSPS) is 28.2. The molecule has 8 heteroatoms. The van der Waals surface area contributed by atoms with E-state index >= 15 is 0 Å². The van der Waals surface area contributed by atoms with E-state index in [0.717, 1.165) is 18.7 Å². The molecule has 4 rings (SSSR count). The maximum absolute atomic E-state index is 13.4. The Balaban J connectivity index is 1.57. The second-order valence-corrected chi connectivity index (χ2v) is 8.86. The molecule has 3 aliphatic rings. The molecule has 1 aromatic rings. The molecule has 0 aromatic heterocycles. The predicted molar refractivity (Wildman–Crippen MR) is 112 cm³/mol. The molecule has 1 aromatic carbocycles. The summed E-state index contributed by atoms with van der Waals surface area (Å²) < 4.78 is 5.95. The molecule has 3 aliphatic heterocycles. The summed E-state index contributed by atoms with van der Waals surface area (Å²) in [6.07, 6.45) is 2.67. The first kappa shape index (κ1) is 20.9. The predicted octanol–water partition coefficient (Wildman–Crippen LogP) is 2.44. The van der Waals surface area contributed by atoms with Crippen molar-refractivity contribution in [2.24, 2.45) is 0 Å². The lowest BCUT2D eigenvalue weighted by atomic mass is 9.91. The molecule has 3 atom stereocenters. The summed E-state index contributed by atoms with van der Waals surface area (Å²) in [6, 6.07) is 7.92. The fourth-order valence-electron chi connectivity index (χ4n) is 4.95. The number of nitriles is 1. The summed E-state index contributed by atoms with van der Waals surface area (Å²) in [4.78, 5) is 20.0. The Morgan fingerprint density at radius 2 is 1.86 bits per heavy atom. The summed E-state index contributed by atoms with van der Waals surface area (Å²) in [5.74, 6) is 0.0982. The zero-order chi connectivity index (χ0) is 20.4. The molecule has 0 radical (unpaired) electrons. The summed E-state index contributed by atoms with van der Waals surface area (Å²) >= 11 is 12.2. The minimum atomic E-state index is 0.0409. The van der Waals surface area contributed by atoms with Gasteiger partial charge in [-0.05, 0) is 43.6 Å². The third kappa shape index (κ3) is 4.40. The molecule has 1 amide bonds. The highest BCUT2D eigenvalue weighted by molar-refractivity contribution is 6.42. The summed E-state index contributed by atoms with van der Waals surface area (Å²) in [7, 11) is 0. The maximum atomic E-state index is 13.4. The van der Waals surface area contributed by atoms with E-state index in [1.54, 1.807) is 12.1 Å². The number of rotatable bonds is 4.